The molecule has 5 rings (SSSR count). The highest BCUT2D eigenvalue weighted by Gasteiger charge is 2.32. The minimum atomic E-state index is -0.380. The van der Waals surface area contributed by atoms with Crippen LogP contribution in [-0.2, 0) is 0 Å². The van der Waals surface area contributed by atoms with Gasteiger partial charge in [0, 0.05) is 50.2 Å². The van der Waals surface area contributed by atoms with E-state index in [9.17, 15) is 14.4 Å². The van der Waals surface area contributed by atoms with Crippen LogP contribution in [0.2, 0.25) is 0 Å². The number of halogens is 1. The van der Waals surface area contributed by atoms with Crippen molar-refractivity contribution in [1.82, 2.24) is 25.9 Å². The first-order valence-corrected chi connectivity index (χ1v) is 13.4. The van der Waals surface area contributed by atoms with Gasteiger partial charge in [0.05, 0.1) is 34.1 Å². The molecule has 3 aromatic rings. The van der Waals surface area contributed by atoms with Crippen LogP contribution in [0.4, 0.5) is 15.8 Å². The number of hydrazine groups is 2. The number of nitriles is 1. The van der Waals surface area contributed by atoms with Crippen LogP contribution in [0.15, 0.2) is 54.5 Å². The molecule has 1 fully saturated rings. The van der Waals surface area contributed by atoms with Crippen molar-refractivity contribution in [3.63, 3.8) is 0 Å². The second-order valence-corrected chi connectivity index (χ2v) is 11.8. The van der Waals surface area contributed by atoms with Crippen molar-refractivity contribution in [2.75, 3.05) is 31.3 Å². The summed E-state index contributed by atoms with van der Waals surface area (Å²) in [6.45, 7) is 6.95. The van der Waals surface area contributed by atoms with Crippen molar-refractivity contribution in [3.05, 3.63) is 77.0 Å². The van der Waals surface area contributed by atoms with E-state index in [2.05, 4.69) is 53.4 Å². The molecule has 1 aliphatic heterocycles. The molecular formula is C30H35FN8O. The average Bonchev–Trinajstić information content (AvgIpc) is 3.66. The maximum absolute atomic E-state index is 13.8. The monoisotopic (exact) mass is 542 g/mol. The van der Waals surface area contributed by atoms with E-state index in [0.717, 1.165) is 24.1 Å². The molecule has 0 bridgehead atoms. The first-order valence-electron chi connectivity index (χ1n) is 13.4. The van der Waals surface area contributed by atoms with E-state index in [0.29, 0.717) is 46.0 Å². The molecule has 0 spiro atoms. The molecule has 1 saturated carbocycles. The highest BCUT2D eigenvalue weighted by atomic mass is 19.1. The quantitative estimate of drug-likeness (QED) is 0.319. The van der Waals surface area contributed by atoms with Crippen molar-refractivity contribution in [3.8, 4) is 6.07 Å². The molecule has 2 heterocycles. The van der Waals surface area contributed by atoms with Gasteiger partial charge >= 0.3 is 0 Å². The van der Waals surface area contributed by atoms with E-state index in [1.807, 2.05) is 17.3 Å². The second kappa shape index (κ2) is 10.7. The Morgan fingerprint density at radius 2 is 1.98 bits per heavy atom. The van der Waals surface area contributed by atoms with Crippen molar-refractivity contribution in [2.24, 2.45) is 5.41 Å². The molecule has 0 saturated heterocycles. The maximum atomic E-state index is 13.8. The number of amides is 1. The summed E-state index contributed by atoms with van der Waals surface area (Å²) in [5.41, 5.74) is 10.7. The van der Waals surface area contributed by atoms with E-state index < -0.39 is 0 Å². The second-order valence-electron chi connectivity index (χ2n) is 11.8. The molecule has 1 unspecified atom stereocenters. The van der Waals surface area contributed by atoms with Gasteiger partial charge in [-0.1, -0.05) is 32.9 Å². The number of rotatable bonds is 8. The molecule has 1 atom stereocenters. The number of anilines is 2. The lowest BCUT2D eigenvalue weighted by molar-refractivity contribution is 0.0829. The topological polar surface area (TPSA) is 108 Å². The number of pyridine rings is 1. The van der Waals surface area contributed by atoms with Gasteiger partial charge in [-0.05, 0) is 48.1 Å². The summed E-state index contributed by atoms with van der Waals surface area (Å²) in [5, 5.41) is 19.6. The highest BCUT2D eigenvalue weighted by Crippen LogP contribution is 2.36. The van der Waals surface area contributed by atoms with Crippen molar-refractivity contribution in [2.45, 2.75) is 45.7 Å². The Morgan fingerprint density at radius 1 is 1.25 bits per heavy atom. The maximum Gasteiger partial charge on any atom is 0.255 e. The van der Waals surface area contributed by atoms with E-state index in [4.69, 9.17) is 0 Å². The molecule has 1 aliphatic carbocycles. The highest BCUT2D eigenvalue weighted by molar-refractivity contribution is 6.10. The molecule has 208 valence electrons. The van der Waals surface area contributed by atoms with E-state index >= 15 is 0 Å². The predicted molar refractivity (Wildman–Crippen MR) is 154 cm³/mol. The van der Waals surface area contributed by atoms with Crippen LogP contribution in [0.1, 0.15) is 61.1 Å². The van der Waals surface area contributed by atoms with Crippen LogP contribution >= 0.6 is 0 Å². The van der Waals surface area contributed by atoms with Gasteiger partial charge in [0.1, 0.15) is 11.9 Å². The number of aromatic nitrogens is 1. The van der Waals surface area contributed by atoms with Gasteiger partial charge in [-0.15, -0.1) is 5.53 Å². The van der Waals surface area contributed by atoms with Gasteiger partial charge in [0.15, 0.2) is 0 Å². The van der Waals surface area contributed by atoms with Crippen molar-refractivity contribution >= 4 is 28.2 Å². The van der Waals surface area contributed by atoms with Gasteiger partial charge in [0.2, 0.25) is 0 Å². The summed E-state index contributed by atoms with van der Waals surface area (Å²) in [4.78, 5) is 19.4. The lowest BCUT2D eigenvalue weighted by Gasteiger charge is -2.24. The average molecular weight is 543 g/mol. The number of carbonyl (C=O) groups is 1. The van der Waals surface area contributed by atoms with E-state index in [1.54, 1.807) is 32.3 Å². The predicted octanol–water partition coefficient (Wildman–Crippen LogP) is 4.89. The van der Waals surface area contributed by atoms with Crippen molar-refractivity contribution < 1.29 is 9.18 Å². The van der Waals surface area contributed by atoms with Gasteiger partial charge in [-0.25, -0.2) is 4.39 Å². The summed E-state index contributed by atoms with van der Waals surface area (Å²) < 4.78 is 13.8. The number of fused-ring (bicyclic) bond motifs is 1. The zero-order chi connectivity index (χ0) is 28.6. The van der Waals surface area contributed by atoms with Crippen LogP contribution in [0.25, 0.3) is 10.9 Å². The molecule has 1 aromatic heterocycles. The zero-order valence-electron chi connectivity index (χ0n) is 23.5. The Morgan fingerprint density at radius 3 is 2.60 bits per heavy atom. The molecule has 2 aromatic carbocycles. The number of hydrogen-bond acceptors (Lipinski definition) is 8. The fourth-order valence-electron chi connectivity index (χ4n) is 4.62. The van der Waals surface area contributed by atoms with Crippen LogP contribution < -0.4 is 21.6 Å². The Kier molecular flexibility index (Phi) is 7.25. The molecule has 0 radical (unpaired) electrons. The number of nitrogens with zero attached hydrogens (tertiary/aromatic N) is 4. The molecule has 4 N–H and O–H groups in total. The molecule has 9 nitrogen and oxygen atoms in total. The van der Waals surface area contributed by atoms with Gasteiger partial charge in [-0.3, -0.25) is 14.8 Å². The van der Waals surface area contributed by atoms with E-state index in [-0.39, 0.29) is 23.2 Å². The standard InChI is InChI=1S/C30H35FN8O/c1-30(2,3)17-34-26-19(14-32)15-33-28-23(26)12-21(13-24(28)29(40)38(4)5)35-27(18-6-8-20(31)9-7-18)25-16-39(37-36-25)22-10-11-22/h6-9,12-13,15-16,22,27,35-37H,10-11,17H2,1-5H3,(H,33,34). The summed E-state index contributed by atoms with van der Waals surface area (Å²) in [7, 11) is 3.40. The van der Waals surface area contributed by atoms with Crippen LogP contribution in [0.5, 0.6) is 0 Å². The van der Waals surface area contributed by atoms with Gasteiger partial charge in [0.25, 0.3) is 5.91 Å². The summed E-state index contributed by atoms with van der Waals surface area (Å²) in [6, 6.07) is 12.4. The third kappa shape index (κ3) is 5.80. The normalized spacial score (nSPS) is 15.7. The third-order valence-electron chi connectivity index (χ3n) is 6.90. The number of hydrogen-bond donors (Lipinski definition) is 4. The molecule has 40 heavy (non-hydrogen) atoms. The van der Waals surface area contributed by atoms with E-state index in [1.165, 1.54) is 23.2 Å². The number of carbonyl (C=O) groups excluding carboxylic acids is 1. The minimum absolute atomic E-state index is 0.0464. The lowest BCUT2D eigenvalue weighted by Crippen LogP contribution is -2.38. The third-order valence-corrected chi connectivity index (χ3v) is 6.90. The fraction of sp³-hybridized carbons (Fsp3) is 0.367. The van der Waals surface area contributed by atoms with Crippen LogP contribution in [0, 0.1) is 22.6 Å². The van der Waals surface area contributed by atoms with Gasteiger partial charge in [-0.2, -0.15) is 5.26 Å². The molecular weight excluding hydrogens is 507 g/mol. The van der Waals surface area contributed by atoms with Gasteiger partial charge < -0.3 is 21.0 Å². The Labute approximate surface area is 234 Å². The molecule has 10 heteroatoms. The lowest BCUT2D eigenvalue weighted by atomic mass is 9.96. The Hall–Kier alpha value is -4.36. The summed E-state index contributed by atoms with van der Waals surface area (Å²) >= 11 is 0. The Bertz CT molecular complexity index is 1500. The van der Waals surface area contributed by atoms with Crippen LogP contribution in [-0.4, -0.2) is 47.5 Å². The Balaban J connectivity index is 1.64. The number of nitrogens with one attached hydrogen (secondary N) is 4. The first kappa shape index (κ1) is 27.2. The summed E-state index contributed by atoms with van der Waals surface area (Å²) in [5.74, 6) is -0.520. The SMILES string of the molecule is CN(C)C(=O)c1cc(NC(C2=CN(C3CC3)NN2)c2ccc(F)cc2)cc2c(NCC(C)(C)C)c(C#N)cnc12. The number of benzene rings is 2. The minimum Gasteiger partial charge on any atom is -0.383 e. The summed E-state index contributed by atoms with van der Waals surface area (Å²) in [6.07, 6.45) is 5.77. The van der Waals surface area contributed by atoms with Crippen molar-refractivity contribution in [1.29, 1.82) is 5.26 Å². The largest absolute Gasteiger partial charge is 0.383 e. The van der Waals surface area contributed by atoms with Crippen LogP contribution in [0.3, 0.4) is 0 Å². The fourth-order valence-corrected chi connectivity index (χ4v) is 4.62. The smallest absolute Gasteiger partial charge is 0.255 e. The molecule has 1 amide bonds. The molecule has 2 aliphatic rings. The zero-order valence-corrected chi connectivity index (χ0v) is 23.5. The first-order chi connectivity index (χ1) is 19.0.